The van der Waals surface area contributed by atoms with E-state index in [0.717, 1.165) is 12.1 Å². The van der Waals surface area contributed by atoms with Crippen LogP contribution in [0.4, 0.5) is 0 Å². The van der Waals surface area contributed by atoms with Crippen molar-refractivity contribution < 1.29 is 0 Å². The van der Waals surface area contributed by atoms with Crippen LogP contribution in [0.3, 0.4) is 0 Å². The number of aryl methyl sites for hydroxylation is 1. The first-order valence-corrected chi connectivity index (χ1v) is 8.39. The molecule has 0 saturated carbocycles. The molecule has 0 saturated heterocycles. The molecule has 0 aliphatic heterocycles. The summed E-state index contributed by atoms with van der Waals surface area (Å²) in [6, 6.07) is 12.4. The summed E-state index contributed by atoms with van der Waals surface area (Å²) in [4.78, 5) is 1.59. The number of aromatic nitrogens is 2. The fourth-order valence-electron chi connectivity index (χ4n) is 2.20. The Hall–Kier alpha value is -1.39. The lowest BCUT2D eigenvalue weighted by Gasteiger charge is -2.07. The van der Waals surface area contributed by atoms with Crippen LogP contribution in [0.15, 0.2) is 54.2 Å². The Morgan fingerprint density at radius 1 is 1.25 bits per heavy atom. The number of thiophene rings is 1. The van der Waals surface area contributed by atoms with Gasteiger partial charge in [-0.3, -0.25) is 0 Å². The first-order valence-electron chi connectivity index (χ1n) is 6.60. The fourth-order valence-corrected chi connectivity index (χ4v) is 4.06. The summed E-state index contributed by atoms with van der Waals surface area (Å²) in [6.45, 7) is 2.19. The van der Waals surface area contributed by atoms with E-state index in [9.17, 15) is 0 Å². The number of halogens is 1. The van der Waals surface area contributed by atoms with Gasteiger partial charge in [0.05, 0.1) is 16.7 Å². The third kappa shape index (κ3) is 2.58. The van der Waals surface area contributed by atoms with E-state index in [1.165, 1.54) is 16.0 Å². The standard InChI is InChI=1S/C16H15BrN2S/c1-2-12-8-9-20-16(12)15(17)13-10-18-19(11-13)14-6-4-3-5-7-14/h3-11,15H,2H2,1H3. The quantitative estimate of drug-likeness (QED) is 0.609. The van der Waals surface area contributed by atoms with Crippen molar-refractivity contribution in [3.63, 3.8) is 0 Å². The molecule has 0 N–H and O–H groups in total. The van der Waals surface area contributed by atoms with Gasteiger partial charge < -0.3 is 0 Å². The molecule has 20 heavy (non-hydrogen) atoms. The van der Waals surface area contributed by atoms with Crippen LogP contribution in [0.5, 0.6) is 0 Å². The lowest BCUT2D eigenvalue weighted by Crippen LogP contribution is -1.94. The van der Waals surface area contributed by atoms with Crippen molar-refractivity contribution in [2.45, 2.75) is 18.2 Å². The molecular weight excluding hydrogens is 332 g/mol. The van der Waals surface area contributed by atoms with E-state index in [2.05, 4.69) is 57.7 Å². The first kappa shape index (κ1) is 13.6. The largest absolute Gasteiger partial charge is 0.241 e. The summed E-state index contributed by atoms with van der Waals surface area (Å²) < 4.78 is 1.92. The molecular formula is C16H15BrN2S. The molecule has 0 aliphatic rings. The lowest BCUT2D eigenvalue weighted by atomic mass is 10.1. The van der Waals surface area contributed by atoms with E-state index >= 15 is 0 Å². The van der Waals surface area contributed by atoms with Crippen molar-refractivity contribution in [1.82, 2.24) is 9.78 Å². The molecule has 0 spiro atoms. The number of hydrogen-bond acceptors (Lipinski definition) is 2. The molecule has 0 radical (unpaired) electrons. The highest BCUT2D eigenvalue weighted by molar-refractivity contribution is 9.09. The summed E-state index contributed by atoms with van der Waals surface area (Å²) in [5, 5.41) is 6.62. The van der Waals surface area contributed by atoms with Gasteiger partial charge >= 0.3 is 0 Å². The Kier molecular flexibility index (Phi) is 4.03. The molecule has 0 fully saturated rings. The average Bonchev–Trinajstić information content (AvgIpc) is 3.16. The van der Waals surface area contributed by atoms with Gasteiger partial charge in [0.2, 0.25) is 0 Å². The second kappa shape index (κ2) is 5.94. The third-order valence-corrected chi connectivity index (χ3v) is 5.62. The highest BCUT2D eigenvalue weighted by Crippen LogP contribution is 2.36. The molecule has 1 unspecified atom stereocenters. The van der Waals surface area contributed by atoms with Crippen molar-refractivity contribution in [2.24, 2.45) is 0 Å². The number of rotatable bonds is 4. The van der Waals surface area contributed by atoms with Gasteiger partial charge in [-0.15, -0.1) is 11.3 Å². The van der Waals surface area contributed by atoms with Crippen molar-refractivity contribution in [3.05, 3.63) is 70.2 Å². The van der Waals surface area contributed by atoms with Crippen LogP contribution in [-0.2, 0) is 6.42 Å². The Bertz CT molecular complexity index is 687. The molecule has 1 aromatic carbocycles. The van der Waals surface area contributed by atoms with Gasteiger partial charge in [-0.25, -0.2) is 4.68 Å². The molecule has 0 amide bonds. The monoisotopic (exact) mass is 346 g/mol. The second-order valence-electron chi connectivity index (χ2n) is 4.58. The Morgan fingerprint density at radius 3 is 2.80 bits per heavy atom. The van der Waals surface area contributed by atoms with Gasteiger partial charge in [0, 0.05) is 16.6 Å². The summed E-state index contributed by atoms with van der Waals surface area (Å²) in [5.41, 5.74) is 3.68. The average molecular weight is 347 g/mol. The number of para-hydroxylation sites is 1. The van der Waals surface area contributed by atoms with E-state index in [-0.39, 0.29) is 4.83 Å². The minimum Gasteiger partial charge on any atom is -0.241 e. The smallest absolute Gasteiger partial charge is 0.0771 e. The van der Waals surface area contributed by atoms with Crippen molar-refractivity contribution in [1.29, 1.82) is 0 Å². The summed E-state index contributed by atoms with van der Waals surface area (Å²) in [7, 11) is 0. The number of hydrogen-bond donors (Lipinski definition) is 0. The lowest BCUT2D eigenvalue weighted by molar-refractivity contribution is 0.880. The molecule has 0 bridgehead atoms. The highest BCUT2D eigenvalue weighted by Gasteiger charge is 2.17. The van der Waals surface area contributed by atoms with Crippen LogP contribution >= 0.6 is 27.3 Å². The summed E-state index contributed by atoms with van der Waals surface area (Å²) in [6.07, 6.45) is 5.09. The molecule has 2 heterocycles. The van der Waals surface area contributed by atoms with Crippen LogP contribution in [0, 0.1) is 0 Å². The normalized spacial score (nSPS) is 12.5. The van der Waals surface area contributed by atoms with Gasteiger partial charge in [0.1, 0.15) is 0 Å². The van der Waals surface area contributed by atoms with Crippen LogP contribution in [0.2, 0.25) is 0 Å². The summed E-state index contributed by atoms with van der Waals surface area (Å²) >= 11 is 5.61. The Morgan fingerprint density at radius 2 is 2.05 bits per heavy atom. The molecule has 2 aromatic heterocycles. The zero-order valence-corrected chi connectivity index (χ0v) is 13.6. The van der Waals surface area contributed by atoms with E-state index in [0.29, 0.717) is 0 Å². The third-order valence-electron chi connectivity index (χ3n) is 3.31. The zero-order chi connectivity index (χ0) is 13.9. The van der Waals surface area contributed by atoms with Gasteiger partial charge in [-0.2, -0.15) is 5.10 Å². The van der Waals surface area contributed by atoms with Crippen LogP contribution in [-0.4, -0.2) is 9.78 Å². The molecule has 102 valence electrons. The molecule has 3 aromatic rings. The topological polar surface area (TPSA) is 17.8 Å². The van der Waals surface area contributed by atoms with Crippen LogP contribution < -0.4 is 0 Å². The van der Waals surface area contributed by atoms with Gasteiger partial charge in [0.25, 0.3) is 0 Å². The van der Waals surface area contributed by atoms with Crippen molar-refractivity contribution >= 4 is 27.3 Å². The maximum atomic E-state index is 4.46. The second-order valence-corrected chi connectivity index (χ2v) is 6.44. The molecule has 3 rings (SSSR count). The maximum absolute atomic E-state index is 4.46. The van der Waals surface area contributed by atoms with Crippen molar-refractivity contribution in [3.8, 4) is 5.69 Å². The predicted molar refractivity (Wildman–Crippen MR) is 88.0 cm³/mol. The fraction of sp³-hybridized carbons (Fsp3) is 0.188. The Labute approximate surface area is 131 Å². The van der Waals surface area contributed by atoms with Gasteiger partial charge in [0.15, 0.2) is 0 Å². The number of benzene rings is 1. The predicted octanol–water partition coefficient (Wildman–Crippen LogP) is 4.98. The van der Waals surface area contributed by atoms with Crippen LogP contribution in [0.25, 0.3) is 5.69 Å². The van der Waals surface area contributed by atoms with Gasteiger partial charge in [-0.1, -0.05) is 41.1 Å². The summed E-state index contributed by atoms with van der Waals surface area (Å²) in [5.74, 6) is 0. The SMILES string of the molecule is CCc1ccsc1C(Br)c1cnn(-c2ccccc2)c1. The van der Waals surface area contributed by atoms with Crippen molar-refractivity contribution in [2.75, 3.05) is 0 Å². The van der Waals surface area contributed by atoms with Gasteiger partial charge in [-0.05, 0) is 35.6 Å². The first-order chi connectivity index (χ1) is 9.79. The zero-order valence-electron chi connectivity index (χ0n) is 11.2. The minimum atomic E-state index is 0.218. The van der Waals surface area contributed by atoms with E-state index in [1.54, 1.807) is 11.3 Å². The molecule has 0 aliphatic carbocycles. The molecule has 2 nitrogen and oxygen atoms in total. The maximum Gasteiger partial charge on any atom is 0.0771 e. The van der Waals surface area contributed by atoms with E-state index < -0.39 is 0 Å². The minimum absolute atomic E-state index is 0.218. The number of nitrogens with zero attached hydrogens (tertiary/aromatic N) is 2. The Balaban J connectivity index is 1.91. The molecule has 4 heteroatoms. The number of alkyl halides is 1. The highest BCUT2D eigenvalue weighted by atomic mass is 79.9. The van der Waals surface area contributed by atoms with Crippen LogP contribution in [0.1, 0.15) is 27.8 Å². The van der Waals surface area contributed by atoms with E-state index in [1.807, 2.05) is 29.1 Å². The van der Waals surface area contributed by atoms with E-state index in [4.69, 9.17) is 0 Å². The molecule has 1 atom stereocenters.